The largest absolute Gasteiger partial charge is 0.373 e. The lowest BCUT2D eigenvalue weighted by molar-refractivity contribution is 0.00227. The first-order valence-corrected chi connectivity index (χ1v) is 8.83. The average molecular weight is 331 g/mol. The lowest BCUT2D eigenvalue weighted by atomic mass is 9.97. The van der Waals surface area contributed by atoms with Crippen LogP contribution < -0.4 is 10.6 Å². The highest BCUT2D eigenvalue weighted by Crippen LogP contribution is 2.27. The minimum Gasteiger partial charge on any atom is -0.373 e. The number of aromatic nitrogens is 1. The van der Waals surface area contributed by atoms with Gasteiger partial charge in [-0.05, 0) is 18.4 Å². The molecule has 0 aliphatic carbocycles. The van der Waals surface area contributed by atoms with E-state index in [1.807, 2.05) is 23.6 Å². The van der Waals surface area contributed by atoms with Crippen LogP contribution in [0.25, 0.3) is 0 Å². The second-order valence-corrected chi connectivity index (χ2v) is 6.34. The van der Waals surface area contributed by atoms with Crippen molar-refractivity contribution in [2.24, 2.45) is 0 Å². The number of urea groups is 1. The predicted octanol–water partition coefficient (Wildman–Crippen LogP) is 2.91. The third-order valence-corrected chi connectivity index (χ3v) is 4.58. The molecule has 2 atom stereocenters. The van der Waals surface area contributed by atoms with Crippen LogP contribution in [0.15, 0.2) is 41.2 Å². The van der Waals surface area contributed by atoms with Gasteiger partial charge < -0.3 is 15.4 Å². The van der Waals surface area contributed by atoms with Crippen molar-refractivity contribution in [2.75, 3.05) is 13.2 Å². The van der Waals surface area contributed by atoms with Gasteiger partial charge in [-0.25, -0.2) is 9.78 Å². The molecule has 1 saturated heterocycles. The third kappa shape index (κ3) is 4.77. The molecular formula is C17H21N3O2S. The highest BCUT2D eigenvalue weighted by atomic mass is 32.1. The molecule has 0 bridgehead atoms. The summed E-state index contributed by atoms with van der Waals surface area (Å²) in [5.41, 5.74) is 4.00. The summed E-state index contributed by atoms with van der Waals surface area (Å²) in [4.78, 5) is 16.2. The Hall–Kier alpha value is -1.92. The standard InChI is InChI=1S/C17H21N3O2S/c21-17(18-8-6-15-11-23-12-19-15)20-14-7-9-22-16(10-14)13-4-2-1-3-5-13/h1-5,11-12,14,16H,6-10H2,(H2,18,20,21)/t14-,16-/m1/s1. The van der Waals surface area contributed by atoms with Gasteiger partial charge in [0.1, 0.15) is 0 Å². The number of hydrogen-bond donors (Lipinski definition) is 2. The number of carbonyl (C=O) groups excluding carboxylic acids is 1. The van der Waals surface area contributed by atoms with Gasteiger partial charge >= 0.3 is 6.03 Å². The summed E-state index contributed by atoms with van der Waals surface area (Å²) < 4.78 is 5.83. The van der Waals surface area contributed by atoms with Gasteiger partial charge in [-0.2, -0.15) is 0 Å². The molecule has 0 radical (unpaired) electrons. The molecule has 1 aliphatic heterocycles. The monoisotopic (exact) mass is 331 g/mol. The quantitative estimate of drug-likeness (QED) is 0.885. The molecule has 1 fully saturated rings. The van der Waals surface area contributed by atoms with Crippen LogP contribution >= 0.6 is 11.3 Å². The fraction of sp³-hybridized carbons (Fsp3) is 0.412. The van der Waals surface area contributed by atoms with Crippen LogP contribution in [0.5, 0.6) is 0 Å². The Morgan fingerprint density at radius 3 is 3.00 bits per heavy atom. The van der Waals surface area contributed by atoms with Crippen LogP contribution in [-0.4, -0.2) is 30.2 Å². The van der Waals surface area contributed by atoms with E-state index in [1.54, 1.807) is 16.8 Å². The first-order valence-electron chi connectivity index (χ1n) is 7.89. The molecule has 0 saturated carbocycles. The number of thiazole rings is 1. The van der Waals surface area contributed by atoms with E-state index in [0.717, 1.165) is 25.0 Å². The van der Waals surface area contributed by atoms with E-state index in [-0.39, 0.29) is 18.2 Å². The Labute approximate surface area is 140 Å². The number of benzene rings is 1. The number of nitrogens with zero attached hydrogens (tertiary/aromatic N) is 1. The molecule has 0 unspecified atom stereocenters. The summed E-state index contributed by atoms with van der Waals surface area (Å²) in [7, 11) is 0. The Morgan fingerprint density at radius 1 is 1.35 bits per heavy atom. The van der Waals surface area contributed by atoms with E-state index in [9.17, 15) is 4.79 Å². The van der Waals surface area contributed by atoms with Crippen molar-refractivity contribution in [1.82, 2.24) is 15.6 Å². The van der Waals surface area contributed by atoms with Gasteiger partial charge in [0.2, 0.25) is 0 Å². The zero-order chi connectivity index (χ0) is 15.9. The zero-order valence-corrected chi connectivity index (χ0v) is 13.7. The maximum atomic E-state index is 12.0. The molecule has 122 valence electrons. The molecule has 5 nitrogen and oxygen atoms in total. The first kappa shape index (κ1) is 16.0. The SMILES string of the molecule is O=C(NCCc1cscn1)N[C@@H]1CCO[C@@H](c2ccccc2)C1. The Kier molecular flexibility index (Phi) is 5.60. The molecule has 23 heavy (non-hydrogen) atoms. The van der Waals surface area contributed by atoms with Crippen molar-refractivity contribution >= 4 is 17.4 Å². The van der Waals surface area contributed by atoms with Crippen LogP contribution in [0.2, 0.25) is 0 Å². The first-order chi connectivity index (χ1) is 11.3. The van der Waals surface area contributed by atoms with E-state index >= 15 is 0 Å². The van der Waals surface area contributed by atoms with E-state index in [2.05, 4.69) is 27.8 Å². The second kappa shape index (κ2) is 8.08. The number of nitrogens with one attached hydrogen (secondary N) is 2. The summed E-state index contributed by atoms with van der Waals surface area (Å²) in [5, 5.41) is 7.95. The van der Waals surface area contributed by atoms with Crippen molar-refractivity contribution in [2.45, 2.75) is 31.4 Å². The van der Waals surface area contributed by atoms with E-state index in [4.69, 9.17) is 4.74 Å². The van der Waals surface area contributed by atoms with Gasteiger partial charge in [-0.1, -0.05) is 30.3 Å². The van der Waals surface area contributed by atoms with Gasteiger partial charge in [0, 0.05) is 31.0 Å². The average Bonchev–Trinajstić information content (AvgIpc) is 3.09. The smallest absolute Gasteiger partial charge is 0.315 e. The van der Waals surface area contributed by atoms with Gasteiger partial charge in [0.05, 0.1) is 17.3 Å². The highest BCUT2D eigenvalue weighted by molar-refractivity contribution is 7.07. The normalized spacial score (nSPS) is 20.9. The molecule has 1 aliphatic rings. The Morgan fingerprint density at radius 2 is 2.22 bits per heavy atom. The Bertz CT molecular complexity index is 604. The molecule has 2 aromatic rings. The number of ether oxygens (including phenoxy) is 1. The number of rotatable bonds is 5. The molecule has 0 spiro atoms. The summed E-state index contributed by atoms with van der Waals surface area (Å²) in [6, 6.07) is 10.2. The fourth-order valence-electron chi connectivity index (χ4n) is 2.73. The molecular weight excluding hydrogens is 310 g/mol. The molecule has 3 rings (SSSR count). The summed E-state index contributed by atoms with van der Waals surface area (Å²) in [5.74, 6) is 0. The van der Waals surface area contributed by atoms with Crippen molar-refractivity contribution in [3.63, 3.8) is 0 Å². The summed E-state index contributed by atoms with van der Waals surface area (Å²) in [6.45, 7) is 1.27. The lowest BCUT2D eigenvalue weighted by Gasteiger charge is -2.30. The molecule has 2 N–H and O–H groups in total. The molecule has 1 aromatic heterocycles. The van der Waals surface area contributed by atoms with Crippen molar-refractivity contribution in [1.29, 1.82) is 0 Å². The van der Waals surface area contributed by atoms with Crippen LogP contribution in [0.3, 0.4) is 0 Å². The predicted molar refractivity (Wildman–Crippen MR) is 90.5 cm³/mol. The number of carbonyl (C=O) groups is 1. The number of amides is 2. The molecule has 1 aromatic carbocycles. The highest BCUT2D eigenvalue weighted by Gasteiger charge is 2.24. The van der Waals surface area contributed by atoms with E-state index in [1.165, 1.54) is 5.56 Å². The van der Waals surface area contributed by atoms with Gasteiger partial charge in [0.25, 0.3) is 0 Å². The summed E-state index contributed by atoms with van der Waals surface area (Å²) in [6.07, 6.45) is 2.48. The maximum absolute atomic E-state index is 12.0. The van der Waals surface area contributed by atoms with Crippen LogP contribution in [0.4, 0.5) is 4.79 Å². The van der Waals surface area contributed by atoms with Gasteiger partial charge in [-0.15, -0.1) is 11.3 Å². The van der Waals surface area contributed by atoms with Crippen molar-refractivity contribution < 1.29 is 9.53 Å². The second-order valence-electron chi connectivity index (χ2n) is 5.62. The third-order valence-electron chi connectivity index (χ3n) is 3.94. The lowest BCUT2D eigenvalue weighted by Crippen LogP contribution is -2.45. The maximum Gasteiger partial charge on any atom is 0.315 e. The van der Waals surface area contributed by atoms with E-state index in [0.29, 0.717) is 13.2 Å². The van der Waals surface area contributed by atoms with E-state index < -0.39 is 0 Å². The van der Waals surface area contributed by atoms with Crippen molar-refractivity contribution in [3.8, 4) is 0 Å². The summed E-state index contributed by atoms with van der Waals surface area (Å²) >= 11 is 1.57. The fourth-order valence-corrected chi connectivity index (χ4v) is 3.32. The number of hydrogen-bond acceptors (Lipinski definition) is 4. The zero-order valence-electron chi connectivity index (χ0n) is 12.9. The Balaban J connectivity index is 1.43. The van der Waals surface area contributed by atoms with Gasteiger partial charge in [-0.3, -0.25) is 0 Å². The van der Waals surface area contributed by atoms with Crippen LogP contribution in [-0.2, 0) is 11.2 Å². The molecule has 6 heteroatoms. The van der Waals surface area contributed by atoms with Gasteiger partial charge in [0.15, 0.2) is 0 Å². The molecule has 2 heterocycles. The van der Waals surface area contributed by atoms with Crippen LogP contribution in [0.1, 0.15) is 30.2 Å². The minimum absolute atomic E-state index is 0.0604. The minimum atomic E-state index is -0.112. The van der Waals surface area contributed by atoms with Crippen LogP contribution in [0, 0.1) is 0 Å². The molecule has 2 amide bonds. The topological polar surface area (TPSA) is 63.2 Å². The van der Waals surface area contributed by atoms with Crippen molar-refractivity contribution in [3.05, 3.63) is 52.5 Å².